The Bertz CT molecular complexity index is 1140. The molecule has 3 heterocycles. The topological polar surface area (TPSA) is 78.7 Å². The van der Waals surface area contributed by atoms with Crippen LogP contribution in [0, 0.1) is 0 Å². The van der Waals surface area contributed by atoms with Crippen LogP contribution in [-0.2, 0) is 22.6 Å². The van der Waals surface area contributed by atoms with Gasteiger partial charge in [-0.25, -0.2) is 9.78 Å². The molecular weight excluding hydrogens is 432 g/mol. The number of benzene rings is 1. The predicted octanol–water partition coefficient (Wildman–Crippen LogP) is 5.31. The Balaban J connectivity index is 1.49. The SMILES string of the molecule is CCCn1c(COCC)nc2cnc3cc(OC4CCN(C(=O)OC(C)(C)C)CC4)ccc3c21. The quantitative estimate of drug-likeness (QED) is 0.468. The van der Waals surface area contributed by atoms with Gasteiger partial charge in [0.2, 0.25) is 0 Å². The van der Waals surface area contributed by atoms with Gasteiger partial charge in [-0.3, -0.25) is 4.98 Å². The van der Waals surface area contributed by atoms with E-state index in [0.717, 1.165) is 59.3 Å². The van der Waals surface area contributed by atoms with Crippen LogP contribution in [0.5, 0.6) is 5.75 Å². The molecule has 8 nitrogen and oxygen atoms in total. The molecule has 0 unspecified atom stereocenters. The van der Waals surface area contributed by atoms with Crippen LogP contribution in [0.2, 0.25) is 0 Å². The molecule has 0 aliphatic carbocycles. The summed E-state index contributed by atoms with van der Waals surface area (Å²) in [4.78, 5) is 23.5. The highest BCUT2D eigenvalue weighted by molar-refractivity contribution is 6.02. The van der Waals surface area contributed by atoms with Gasteiger partial charge in [0.05, 0.1) is 17.2 Å². The van der Waals surface area contributed by atoms with Crippen molar-refractivity contribution in [3.05, 3.63) is 30.2 Å². The van der Waals surface area contributed by atoms with Crippen LogP contribution in [0.15, 0.2) is 24.4 Å². The van der Waals surface area contributed by atoms with Crippen molar-refractivity contribution in [2.24, 2.45) is 0 Å². The van der Waals surface area contributed by atoms with Gasteiger partial charge in [-0.15, -0.1) is 0 Å². The lowest BCUT2D eigenvalue weighted by Crippen LogP contribution is -2.44. The number of hydrogen-bond donors (Lipinski definition) is 0. The number of carbonyl (C=O) groups is 1. The van der Waals surface area contributed by atoms with E-state index in [4.69, 9.17) is 19.2 Å². The molecule has 1 saturated heterocycles. The number of likely N-dealkylation sites (tertiary alicyclic amines) is 1. The van der Waals surface area contributed by atoms with Crippen molar-refractivity contribution in [2.75, 3.05) is 19.7 Å². The van der Waals surface area contributed by atoms with E-state index in [9.17, 15) is 4.79 Å². The van der Waals surface area contributed by atoms with E-state index in [1.165, 1.54) is 0 Å². The van der Waals surface area contributed by atoms with Gasteiger partial charge in [0, 0.05) is 50.5 Å². The number of imidazole rings is 1. The van der Waals surface area contributed by atoms with Crippen LogP contribution >= 0.6 is 0 Å². The van der Waals surface area contributed by atoms with Gasteiger partial charge in [0.15, 0.2) is 0 Å². The van der Waals surface area contributed by atoms with Crippen molar-refractivity contribution in [3.63, 3.8) is 0 Å². The third kappa shape index (κ3) is 5.43. The van der Waals surface area contributed by atoms with Gasteiger partial charge in [-0.2, -0.15) is 0 Å². The lowest BCUT2D eigenvalue weighted by Gasteiger charge is -2.33. The average Bonchev–Trinajstić information content (AvgIpc) is 3.15. The molecule has 0 bridgehead atoms. The van der Waals surface area contributed by atoms with Crippen LogP contribution in [0.3, 0.4) is 0 Å². The molecule has 0 spiro atoms. The average molecular weight is 469 g/mol. The molecule has 184 valence electrons. The molecule has 8 heteroatoms. The summed E-state index contributed by atoms with van der Waals surface area (Å²) in [6.45, 7) is 13.1. The minimum atomic E-state index is -0.482. The van der Waals surface area contributed by atoms with Crippen molar-refractivity contribution in [2.45, 2.75) is 78.7 Å². The zero-order valence-electron chi connectivity index (χ0n) is 21.0. The van der Waals surface area contributed by atoms with E-state index in [1.54, 1.807) is 4.90 Å². The molecule has 2 aromatic heterocycles. The highest BCUT2D eigenvalue weighted by atomic mass is 16.6. The number of pyridine rings is 1. The number of carbonyl (C=O) groups excluding carboxylic acids is 1. The summed E-state index contributed by atoms with van der Waals surface area (Å²) in [6.07, 6.45) is 4.20. The van der Waals surface area contributed by atoms with Crippen molar-refractivity contribution in [3.8, 4) is 5.75 Å². The fourth-order valence-corrected chi connectivity index (χ4v) is 4.36. The molecule has 0 radical (unpaired) electrons. The van der Waals surface area contributed by atoms with Gasteiger partial charge in [-0.1, -0.05) is 6.92 Å². The van der Waals surface area contributed by atoms with Gasteiger partial charge in [0.25, 0.3) is 0 Å². The maximum Gasteiger partial charge on any atom is 0.410 e. The Morgan fingerprint density at radius 3 is 2.59 bits per heavy atom. The second kappa shape index (κ2) is 10.2. The molecule has 1 aliphatic rings. The summed E-state index contributed by atoms with van der Waals surface area (Å²) in [5.74, 6) is 1.73. The Labute approximate surface area is 201 Å². The van der Waals surface area contributed by atoms with E-state index in [-0.39, 0.29) is 12.2 Å². The molecule has 4 rings (SSSR count). The monoisotopic (exact) mass is 468 g/mol. The van der Waals surface area contributed by atoms with E-state index >= 15 is 0 Å². The molecule has 0 N–H and O–H groups in total. The summed E-state index contributed by atoms with van der Waals surface area (Å²) in [5, 5.41) is 1.06. The number of aryl methyl sites for hydroxylation is 1. The fourth-order valence-electron chi connectivity index (χ4n) is 4.36. The molecule has 1 aromatic carbocycles. The largest absolute Gasteiger partial charge is 0.490 e. The van der Waals surface area contributed by atoms with Crippen LogP contribution in [0.4, 0.5) is 4.79 Å². The van der Waals surface area contributed by atoms with Gasteiger partial charge in [0.1, 0.15) is 35.4 Å². The third-order valence-corrected chi connectivity index (χ3v) is 5.90. The molecular formula is C26H36N4O4. The smallest absolute Gasteiger partial charge is 0.410 e. The number of rotatable bonds is 7. The Morgan fingerprint density at radius 1 is 1.15 bits per heavy atom. The van der Waals surface area contributed by atoms with Crippen LogP contribution in [0.25, 0.3) is 21.9 Å². The number of piperidine rings is 1. The van der Waals surface area contributed by atoms with E-state index in [1.807, 2.05) is 46.0 Å². The maximum absolute atomic E-state index is 12.3. The van der Waals surface area contributed by atoms with Crippen LogP contribution < -0.4 is 4.74 Å². The maximum atomic E-state index is 12.3. The number of nitrogens with zero attached hydrogens (tertiary/aromatic N) is 4. The summed E-state index contributed by atoms with van der Waals surface area (Å²) in [6, 6.07) is 6.09. The Morgan fingerprint density at radius 2 is 1.91 bits per heavy atom. The Kier molecular flexibility index (Phi) is 7.26. The van der Waals surface area contributed by atoms with Crippen molar-refractivity contribution in [1.29, 1.82) is 0 Å². The molecule has 0 atom stereocenters. The number of amides is 1. The molecule has 34 heavy (non-hydrogen) atoms. The van der Waals surface area contributed by atoms with Gasteiger partial charge >= 0.3 is 6.09 Å². The zero-order chi connectivity index (χ0) is 24.3. The lowest BCUT2D eigenvalue weighted by atomic mass is 10.1. The normalized spacial score (nSPS) is 15.3. The highest BCUT2D eigenvalue weighted by Gasteiger charge is 2.27. The zero-order valence-corrected chi connectivity index (χ0v) is 21.0. The summed E-state index contributed by atoms with van der Waals surface area (Å²) in [5.41, 5.74) is 2.39. The number of aromatic nitrogens is 3. The highest BCUT2D eigenvalue weighted by Crippen LogP contribution is 2.29. The standard InChI is InChI=1S/C26H36N4O4/c1-6-12-30-23(17-32-7-2)28-22-16-27-21-15-19(8-9-20(21)24(22)30)33-18-10-13-29(14-11-18)25(31)34-26(3,4)5/h8-9,15-16,18H,6-7,10-14,17H2,1-5H3. The number of hydrogen-bond acceptors (Lipinski definition) is 6. The predicted molar refractivity (Wildman–Crippen MR) is 132 cm³/mol. The minimum absolute atomic E-state index is 0.0586. The number of fused-ring (bicyclic) bond motifs is 3. The molecule has 1 amide bonds. The molecule has 1 aliphatic heterocycles. The first-order valence-corrected chi connectivity index (χ1v) is 12.3. The van der Waals surface area contributed by atoms with Gasteiger partial charge < -0.3 is 23.7 Å². The van der Waals surface area contributed by atoms with Crippen molar-refractivity contribution in [1.82, 2.24) is 19.4 Å². The molecule has 3 aromatic rings. The first kappa shape index (κ1) is 24.3. The minimum Gasteiger partial charge on any atom is -0.490 e. The van der Waals surface area contributed by atoms with Crippen molar-refractivity contribution >= 4 is 28.0 Å². The van der Waals surface area contributed by atoms with E-state index < -0.39 is 5.60 Å². The second-order valence-electron chi connectivity index (χ2n) is 9.77. The summed E-state index contributed by atoms with van der Waals surface area (Å²) < 4.78 is 19.7. The lowest BCUT2D eigenvalue weighted by molar-refractivity contribution is 0.0127. The molecule has 0 saturated carbocycles. The second-order valence-corrected chi connectivity index (χ2v) is 9.77. The summed E-state index contributed by atoms with van der Waals surface area (Å²) in [7, 11) is 0. The van der Waals surface area contributed by atoms with Crippen LogP contribution in [-0.4, -0.2) is 56.9 Å². The van der Waals surface area contributed by atoms with E-state index in [0.29, 0.717) is 26.3 Å². The van der Waals surface area contributed by atoms with Crippen LogP contribution in [0.1, 0.15) is 59.7 Å². The third-order valence-electron chi connectivity index (χ3n) is 5.90. The van der Waals surface area contributed by atoms with Crippen molar-refractivity contribution < 1.29 is 19.0 Å². The van der Waals surface area contributed by atoms with Gasteiger partial charge in [-0.05, 0) is 46.2 Å². The van der Waals surface area contributed by atoms with E-state index in [2.05, 4.69) is 22.5 Å². The first-order valence-electron chi connectivity index (χ1n) is 12.3. The number of ether oxygens (including phenoxy) is 3. The summed E-state index contributed by atoms with van der Waals surface area (Å²) >= 11 is 0. The Hall–Kier alpha value is -2.87. The fraction of sp³-hybridized carbons (Fsp3) is 0.577. The first-order chi connectivity index (χ1) is 16.3. The molecule has 1 fully saturated rings.